The van der Waals surface area contributed by atoms with Gasteiger partial charge in [0.15, 0.2) is 6.04 Å². The molecule has 3 atom stereocenters. The predicted octanol–water partition coefficient (Wildman–Crippen LogP) is -6.93. The van der Waals surface area contributed by atoms with Gasteiger partial charge >= 0.3 is 5.96 Å². The lowest BCUT2D eigenvalue weighted by Gasteiger charge is -2.18. The van der Waals surface area contributed by atoms with E-state index in [-0.39, 0.29) is 5.96 Å². The molecule has 12 heteroatoms. The third kappa shape index (κ3) is 11.3. The summed E-state index contributed by atoms with van der Waals surface area (Å²) < 4.78 is 10.6. The Balaban J connectivity index is 4.46. The Kier molecular flexibility index (Phi) is 9.11. The maximum absolute atomic E-state index is 11.8. The van der Waals surface area contributed by atoms with Gasteiger partial charge in [-0.15, -0.1) is 0 Å². The number of guanidine groups is 1. The SMILES string of the molecule is NC(N)=[NH+]CCC[C@H]([NH3+])C(=O)N[C@@H](/C=C\CP(=O)([O-])O)C(=O)[O-]. The third-order valence-corrected chi connectivity index (χ3v) is 3.32. The second-order valence-corrected chi connectivity index (χ2v) is 6.41. The number of rotatable bonds is 10. The summed E-state index contributed by atoms with van der Waals surface area (Å²) in [5.74, 6) is -2.20. The van der Waals surface area contributed by atoms with Gasteiger partial charge in [-0.1, -0.05) is 12.2 Å². The van der Waals surface area contributed by atoms with Crippen LogP contribution in [-0.4, -0.2) is 47.5 Å². The van der Waals surface area contributed by atoms with Crippen molar-refractivity contribution in [1.29, 1.82) is 0 Å². The molecule has 11 nitrogen and oxygen atoms in total. The number of carbonyl (C=O) groups excluding carboxylic acids is 2. The molecule has 0 radical (unpaired) electrons. The highest BCUT2D eigenvalue weighted by Crippen LogP contribution is 2.28. The molecule has 0 aliphatic rings. The molecule has 0 heterocycles. The highest BCUT2D eigenvalue weighted by molar-refractivity contribution is 7.50. The van der Waals surface area contributed by atoms with Crippen molar-refractivity contribution >= 4 is 25.4 Å². The first-order chi connectivity index (χ1) is 10.5. The van der Waals surface area contributed by atoms with E-state index >= 15 is 0 Å². The number of hydrogen-bond acceptors (Lipinski definition) is 5. The summed E-state index contributed by atoms with van der Waals surface area (Å²) in [6.07, 6.45) is 1.95. The summed E-state index contributed by atoms with van der Waals surface area (Å²) in [6.45, 7) is 0.431. The van der Waals surface area contributed by atoms with Gasteiger partial charge in [-0.2, -0.15) is 0 Å². The molecule has 0 spiro atoms. The lowest BCUT2D eigenvalue weighted by atomic mass is 10.1. The van der Waals surface area contributed by atoms with Crippen LogP contribution in [-0.2, 0) is 14.2 Å². The molecule has 0 aromatic heterocycles. The van der Waals surface area contributed by atoms with Gasteiger partial charge in [0.1, 0.15) is 7.60 Å². The number of carboxylic acid groups (broad SMARTS) is 1. The molecule has 0 aliphatic carbocycles. The Labute approximate surface area is 132 Å². The van der Waals surface area contributed by atoms with Gasteiger partial charge in [-0.25, -0.2) is 0 Å². The van der Waals surface area contributed by atoms with Crippen LogP contribution in [0.2, 0.25) is 0 Å². The normalized spacial score (nSPS) is 16.3. The summed E-state index contributed by atoms with van der Waals surface area (Å²) in [6, 6.07) is -2.25. The van der Waals surface area contributed by atoms with E-state index in [1.807, 2.05) is 0 Å². The van der Waals surface area contributed by atoms with Crippen LogP contribution in [0.15, 0.2) is 12.2 Å². The van der Waals surface area contributed by atoms with Crippen molar-refractivity contribution in [3.63, 3.8) is 0 Å². The molecule has 0 aliphatic heterocycles. The summed E-state index contributed by atoms with van der Waals surface area (Å²) >= 11 is 0. The van der Waals surface area contributed by atoms with Crippen molar-refractivity contribution < 1.29 is 39.8 Å². The molecule has 0 saturated carbocycles. The molecule has 0 aromatic rings. The molecule has 132 valence electrons. The van der Waals surface area contributed by atoms with E-state index in [9.17, 15) is 24.2 Å². The third-order valence-electron chi connectivity index (χ3n) is 2.65. The van der Waals surface area contributed by atoms with Crippen LogP contribution in [0.5, 0.6) is 0 Å². The average Bonchev–Trinajstić information content (AvgIpc) is 2.40. The maximum Gasteiger partial charge on any atom is 0.338 e. The minimum Gasteiger partial charge on any atom is -0.778 e. The molecule has 23 heavy (non-hydrogen) atoms. The predicted molar refractivity (Wildman–Crippen MR) is 75.9 cm³/mol. The molecule has 1 unspecified atom stereocenters. The van der Waals surface area contributed by atoms with Gasteiger partial charge in [-0.3, -0.25) is 21.3 Å². The van der Waals surface area contributed by atoms with Crippen molar-refractivity contribution in [2.24, 2.45) is 11.5 Å². The van der Waals surface area contributed by atoms with Crippen LogP contribution >= 0.6 is 7.60 Å². The zero-order valence-electron chi connectivity index (χ0n) is 12.4. The number of allylic oxidation sites excluding steroid dienone is 1. The van der Waals surface area contributed by atoms with Gasteiger partial charge in [0, 0.05) is 12.6 Å². The number of nitrogens with two attached hydrogens (primary N) is 2. The average molecular weight is 351 g/mol. The lowest BCUT2D eigenvalue weighted by molar-refractivity contribution is -0.463. The summed E-state index contributed by atoms with van der Waals surface area (Å²) in [4.78, 5) is 44.5. The highest BCUT2D eigenvalue weighted by Gasteiger charge is 2.20. The zero-order chi connectivity index (χ0) is 18.0. The summed E-state index contributed by atoms with van der Waals surface area (Å²) in [5.41, 5.74) is 14.0. The van der Waals surface area contributed by atoms with Gasteiger partial charge in [-0.05, 0) is 6.42 Å². The number of amides is 1. The summed E-state index contributed by atoms with van der Waals surface area (Å²) in [5, 5.41) is 13.1. The van der Waals surface area contributed by atoms with Gasteiger partial charge in [0.25, 0.3) is 5.91 Å². The smallest absolute Gasteiger partial charge is 0.338 e. The maximum atomic E-state index is 11.8. The lowest BCUT2D eigenvalue weighted by Crippen LogP contribution is -2.78. The Bertz CT molecular complexity index is 513. The van der Waals surface area contributed by atoms with Crippen molar-refractivity contribution in [3.05, 3.63) is 12.2 Å². The van der Waals surface area contributed by atoms with E-state index in [2.05, 4.69) is 16.0 Å². The monoisotopic (exact) mass is 351 g/mol. The number of hydrogen-bond donors (Lipinski definition) is 6. The Hall–Kier alpha value is -1.94. The van der Waals surface area contributed by atoms with Crippen LogP contribution in [0.1, 0.15) is 12.8 Å². The summed E-state index contributed by atoms with van der Waals surface area (Å²) in [7, 11) is -4.54. The fraction of sp³-hybridized carbons (Fsp3) is 0.545. The Morgan fingerprint density at radius 3 is 2.52 bits per heavy atom. The van der Waals surface area contributed by atoms with Gasteiger partial charge < -0.3 is 35.3 Å². The van der Waals surface area contributed by atoms with E-state index in [1.165, 1.54) is 0 Å². The molecule has 0 saturated heterocycles. The minimum atomic E-state index is -4.54. The first-order valence-corrected chi connectivity index (χ1v) is 8.44. The number of quaternary nitrogens is 1. The Morgan fingerprint density at radius 2 is 2.04 bits per heavy atom. The fourth-order valence-electron chi connectivity index (χ4n) is 1.50. The van der Waals surface area contributed by atoms with Gasteiger partial charge in [0.05, 0.1) is 18.6 Å². The van der Waals surface area contributed by atoms with Crippen molar-refractivity contribution in [3.8, 4) is 0 Å². The van der Waals surface area contributed by atoms with E-state index < -0.39 is 37.7 Å². The second-order valence-electron chi connectivity index (χ2n) is 4.77. The molecule has 0 fully saturated rings. The molecule has 1 amide bonds. The minimum absolute atomic E-state index is 0.0526. The first-order valence-electron chi connectivity index (χ1n) is 6.68. The molecule has 0 aromatic carbocycles. The van der Waals surface area contributed by atoms with Gasteiger partial charge in [0.2, 0.25) is 0 Å². The van der Waals surface area contributed by atoms with Crippen LogP contribution in [0.3, 0.4) is 0 Å². The number of aliphatic carboxylic acids is 1. The largest absolute Gasteiger partial charge is 0.778 e. The quantitative estimate of drug-likeness (QED) is 0.0727. The van der Waals surface area contributed by atoms with Crippen molar-refractivity contribution in [2.45, 2.75) is 24.9 Å². The van der Waals surface area contributed by atoms with E-state index in [0.717, 1.165) is 12.2 Å². The van der Waals surface area contributed by atoms with Crippen molar-refractivity contribution in [1.82, 2.24) is 5.32 Å². The van der Waals surface area contributed by atoms with Crippen LogP contribution < -0.4 is 37.5 Å². The van der Waals surface area contributed by atoms with Crippen LogP contribution in [0, 0.1) is 0 Å². The Morgan fingerprint density at radius 1 is 1.43 bits per heavy atom. The molecular weight excluding hydrogens is 329 g/mol. The number of carbonyl (C=O) groups is 2. The zero-order valence-corrected chi connectivity index (χ0v) is 13.3. The van der Waals surface area contributed by atoms with Crippen LogP contribution in [0.4, 0.5) is 0 Å². The van der Waals surface area contributed by atoms with Crippen LogP contribution in [0.25, 0.3) is 0 Å². The topological polar surface area (TPSA) is 223 Å². The highest BCUT2D eigenvalue weighted by atomic mass is 31.2. The van der Waals surface area contributed by atoms with E-state index in [0.29, 0.717) is 19.4 Å². The fourth-order valence-corrected chi connectivity index (χ4v) is 1.89. The number of nitrogens with one attached hydrogen (secondary N) is 2. The molecule has 0 bridgehead atoms. The molecular formula is C11H22N5O6P. The standard InChI is InChI=1S/C11H22N5O6P/c12-7(3-1-5-15-11(13)14)9(17)16-8(10(18)19)4-2-6-23(20,21)22/h2,4,7-8H,1,3,5-6,12H2,(H,16,17)(H,18,19)(H4,13,14,15)(H2,20,21,22)/b4-2-/t7-,8-/m0/s1. The van der Waals surface area contributed by atoms with Crippen molar-refractivity contribution in [2.75, 3.05) is 12.7 Å². The first kappa shape index (κ1) is 21.1. The second kappa shape index (κ2) is 9.95. The molecule has 0 rings (SSSR count). The molecule has 10 N–H and O–H groups in total. The van der Waals surface area contributed by atoms with E-state index in [1.54, 1.807) is 0 Å². The number of carboxylic acids is 1. The van der Waals surface area contributed by atoms with E-state index in [4.69, 9.17) is 16.4 Å².